The molecular weight excluding hydrogens is 301 g/mol. The molecule has 0 saturated heterocycles. The van der Waals surface area contributed by atoms with Gasteiger partial charge in [-0.15, -0.1) is 0 Å². The molecule has 0 radical (unpaired) electrons. The van der Waals surface area contributed by atoms with E-state index in [1.807, 2.05) is 0 Å². The van der Waals surface area contributed by atoms with Crippen LogP contribution in [0.2, 0.25) is 0 Å². The van der Waals surface area contributed by atoms with E-state index in [1.165, 1.54) is 20.1 Å². The van der Waals surface area contributed by atoms with Crippen molar-refractivity contribution in [2.45, 2.75) is 19.5 Å². The molecule has 0 aromatic carbocycles. The van der Waals surface area contributed by atoms with E-state index in [9.17, 15) is 18.0 Å². The number of hydrogen-bond donors (Lipinski definition) is 1. The number of methoxy groups -OCH3 is 1. The van der Waals surface area contributed by atoms with Gasteiger partial charge in [0.25, 0.3) is 5.91 Å². The first-order valence-electron chi connectivity index (χ1n) is 6.54. The summed E-state index contributed by atoms with van der Waals surface area (Å²) in [5.41, 5.74) is -0.893. The van der Waals surface area contributed by atoms with Gasteiger partial charge in [-0.1, -0.05) is 0 Å². The van der Waals surface area contributed by atoms with Crippen LogP contribution in [0.3, 0.4) is 0 Å². The van der Waals surface area contributed by atoms with Gasteiger partial charge in [0.1, 0.15) is 5.69 Å². The molecular formula is C13H15F3N4O2. The first-order valence-corrected chi connectivity index (χ1v) is 6.54. The minimum atomic E-state index is -4.58. The molecule has 0 bridgehead atoms. The van der Waals surface area contributed by atoms with Gasteiger partial charge in [0.05, 0.1) is 0 Å². The number of aryl methyl sites for hydroxylation is 1. The lowest BCUT2D eigenvalue weighted by Gasteiger charge is -2.09. The fraction of sp³-hybridized carbons (Fsp3) is 0.462. The van der Waals surface area contributed by atoms with E-state index in [1.54, 1.807) is 0 Å². The Morgan fingerprint density at radius 3 is 2.77 bits per heavy atom. The van der Waals surface area contributed by atoms with Crippen LogP contribution < -0.4 is 5.32 Å². The quantitative estimate of drug-likeness (QED) is 0.855. The number of aromatic nitrogens is 3. The molecule has 0 fully saturated rings. The Balaban J connectivity index is 2.28. The van der Waals surface area contributed by atoms with E-state index >= 15 is 0 Å². The summed E-state index contributed by atoms with van der Waals surface area (Å²) in [4.78, 5) is 15.8. The number of fused-ring (bicyclic) bond motifs is 1. The van der Waals surface area contributed by atoms with Gasteiger partial charge < -0.3 is 10.1 Å². The third-order valence-electron chi connectivity index (χ3n) is 2.89. The van der Waals surface area contributed by atoms with Gasteiger partial charge in [0.2, 0.25) is 0 Å². The normalized spacial score (nSPS) is 11.9. The molecule has 120 valence electrons. The lowest BCUT2D eigenvalue weighted by Crippen LogP contribution is -2.25. The second-order valence-electron chi connectivity index (χ2n) is 4.68. The van der Waals surface area contributed by atoms with Crippen LogP contribution >= 0.6 is 0 Å². The van der Waals surface area contributed by atoms with Gasteiger partial charge in [-0.2, -0.15) is 18.3 Å². The number of nitrogens with one attached hydrogen (secondary N) is 1. The first kappa shape index (κ1) is 16.2. The Labute approximate surface area is 124 Å². The summed E-state index contributed by atoms with van der Waals surface area (Å²) in [6.45, 7) is 2.27. The van der Waals surface area contributed by atoms with Crippen molar-refractivity contribution in [3.05, 3.63) is 29.2 Å². The van der Waals surface area contributed by atoms with Crippen molar-refractivity contribution in [3.63, 3.8) is 0 Å². The van der Waals surface area contributed by atoms with Crippen molar-refractivity contribution in [1.29, 1.82) is 0 Å². The van der Waals surface area contributed by atoms with Crippen molar-refractivity contribution in [1.82, 2.24) is 19.9 Å². The predicted molar refractivity (Wildman–Crippen MR) is 71.6 cm³/mol. The fourth-order valence-electron chi connectivity index (χ4n) is 1.92. The summed E-state index contributed by atoms with van der Waals surface area (Å²) in [6.07, 6.45) is -3.98. The number of rotatable bonds is 5. The van der Waals surface area contributed by atoms with Crippen molar-refractivity contribution < 1.29 is 22.7 Å². The Morgan fingerprint density at radius 2 is 2.14 bits per heavy atom. The Bertz CT molecular complexity index is 682. The Kier molecular flexibility index (Phi) is 4.65. The van der Waals surface area contributed by atoms with Crippen LogP contribution in [0.15, 0.2) is 12.1 Å². The molecule has 0 aliphatic heterocycles. The molecule has 0 atom stereocenters. The third-order valence-corrected chi connectivity index (χ3v) is 2.89. The van der Waals surface area contributed by atoms with Crippen molar-refractivity contribution in [2.24, 2.45) is 0 Å². The standard InChI is InChI=1S/C13H15F3N4O2/c1-8-6-10(13(14,15)16)20-11(18-8)7-9(19-20)12(21)17-4-3-5-22-2/h6-7H,3-5H2,1-2H3,(H,17,21). The highest BCUT2D eigenvalue weighted by Crippen LogP contribution is 2.29. The Hall–Kier alpha value is -2.16. The average Bonchev–Trinajstić information content (AvgIpc) is 2.85. The number of carbonyl (C=O) groups excluding carboxylic acids is 1. The van der Waals surface area contributed by atoms with E-state index < -0.39 is 17.8 Å². The lowest BCUT2D eigenvalue weighted by molar-refractivity contribution is -0.142. The van der Waals surface area contributed by atoms with Gasteiger partial charge in [0.15, 0.2) is 11.3 Å². The van der Waals surface area contributed by atoms with Crippen LogP contribution in [-0.2, 0) is 10.9 Å². The number of nitrogens with zero attached hydrogens (tertiary/aromatic N) is 3. The van der Waals surface area contributed by atoms with Gasteiger partial charge >= 0.3 is 6.18 Å². The zero-order valence-electron chi connectivity index (χ0n) is 12.1. The Morgan fingerprint density at radius 1 is 1.41 bits per heavy atom. The zero-order valence-corrected chi connectivity index (χ0v) is 12.1. The van der Waals surface area contributed by atoms with Gasteiger partial charge in [-0.05, 0) is 19.4 Å². The molecule has 1 amide bonds. The summed E-state index contributed by atoms with van der Waals surface area (Å²) in [5, 5.41) is 6.27. The van der Waals surface area contributed by atoms with E-state index in [-0.39, 0.29) is 17.0 Å². The highest BCUT2D eigenvalue weighted by Gasteiger charge is 2.35. The average molecular weight is 316 g/mol. The van der Waals surface area contributed by atoms with Crippen LogP contribution in [0, 0.1) is 6.92 Å². The molecule has 0 aliphatic carbocycles. The third kappa shape index (κ3) is 3.53. The molecule has 1 N–H and O–H groups in total. The maximum atomic E-state index is 13.0. The number of hydrogen-bond acceptors (Lipinski definition) is 4. The summed E-state index contributed by atoms with van der Waals surface area (Å²) < 4.78 is 44.5. The molecule has 0 unspecified atom stereocenters. The molecule has 2 aromatic heterocycles. The van der Waals surface area contributed by atoms with Crippen LogP contribution in [0.4, 0.5) is 13.2 Å². The van der Waals surface area contributed by atoms with Crippen molar-refractivity contribution >= 4 is 11.6 Å². The number of carbonyl (C=O) groups is 1. The van der Waals surface area contributed by atoms with E-state index in [2.05, 4.69) is 15.4 Å². The maximum Gasteiger partial charge on any atom is 0.433 e. The van der Waals surface area contributed by atoms with Gasteiger partial charge in [-0.25, -0.2) is 9.50 Å². The van der Waals surface area contributed by atoms with E-state index in [4.69, 9.17) is 4.74 Å². The molecule has 6 nitrogen and oxygen atoms in total. The highest BCUT2D eigenvalue weighted by molar-refractivity contribution is 5.93. The van der Waals surface area contributed by atoms with Gasteiger partial charge in [-0.3, -0.25) is 4.79 Å². The molecule has 0 saturated carbocycles. The summed E-state index contributed by atoms with van der Waals surface area (Å²) in [5.74, 6) is -0.549. The maximum absolute atomic E-state index is 13.0. The second kappa shape index (κ2) is 6.30. The highest BCUT2D eigenvalue weighted by atomic mass is 19.4. The molecule has 2 heterocycles. The molecule has 0 spiro atoms. The number of halogens is 3. The number of alkyl halides is 3. The number of amides is 1. The van der Waals surface area contributed by atoms with Crippen LogP contribution in [0.5, 0.6) is 0 Å². The van der Waals surface area contributed by atoms with Crippen LogP contribution in [0.1, 0.15) is 28.3 Å². The predicted octanol–water partition coefficient (Wildman–Crippen LogP) is 1.82. The first-order chi connectivity index (χ1) is 10.3. The summed E-state index contributed by atoms with van der Waals surface area (Å²) >= 11 is 0. The second-order valence-corrected chi connectivity index (χ2v) is 4.68. The molecule has 2 aromatic rings. The molecule has 9 heteroatoms. The minimum absolute atomic E-state index is 0.0191. The smallest absolute Gasteiger partial charge is 0.385 e. The fourth-order valence-corrected chi connectivity index (χ4v) is 1.92. The monoisotopic (exact) mass is 316 g/mol. The van der Waals surface area contributed by atoms with Crippen molar-refractivity contribution in [2.75, 3.05) is 20.3 Å². The summed E-state index contributed by atoms with van der Waals surface area (Å²) in [7, 11) is 1.54. The van der Waals surface area contributed by atoms with Crippen LogP contribution in [0.25, 0.3) is 5.65 Å². The van der Waals surface area contributed by atoms with Gasteiger partial charge in [0, 0.05) is 32.0 Å². The zero-order chi connectivity index (χ0) is 16.3. The molecule has 0 aliphatic rings. The van der Waals surface area contributed by atoms with Crippen molar-refractivity contribution in [3.8, 4) is 0 Å². The topological polar surface area (TPSA) is 68.5 Å². The largest absolute Gasteiger partial charge is 0.433 e. The van der Waals surface area contributed by atoms with E-state index in [0.29, 0.717) is 24.1 Å². The SMILES string of the molecule is COCCCNC(=O)c1cc2nc(C)cc(C(F)(F)F)n2n1. The molecule has 2 rings (SSSR count). The number of ether oxygens (including phenoxy) is 1. The summed E-state index contributed by atoms with van der Waals surface area (Å²) in [6, 6.07) is 2.12. The van der Waals surface area contributed by atoms with Crippen LogP contribution in [-0.4, -0.2) is 40.8 Å². The molecule has 22 heavy (non-hydrogen) atoms. The minimum Gasteiger partial charge on any atom is -0.385 e. The van der Waals surface area contributed by atoms with E-state index in [0.717, 1.165) is 6.07 Å². The lowest BCUT2D eigenvalue weighted by atomic mass is 10.3.